The number of sulfone groups is 1. The molecule has 0 fully saturated rings. The van der Waals surface area contributed by atoms with Crippen molar-refractivity contribution in [1.82, 2.24) is 0 Å². The fourth-order valence-electron chi connectivity index (χ4n) is 1.44. The van der Waals surface area contributed by atoms with E-state index < -0.39 is 9.84 Å². The molecule has 0 bridgehead atoms. The van der Waals surface area contributed by atoms with Crippen LogP contribution in [0.4, 0.5) is 0 Å². The molecule has 1 aromatic heterocycles. The SMILES string of the molecule is CCC(N)C(SCCS(C)(=O)=O)c1ccc(Cl)s1. The van der Waals surface area contributed by atoms with Gasteiger partial charge < -0.3 is 5.73 Å². The van der Waals surface area contributed by atoms with Gasteiger partial charge in [0.15, 0.2) is 0 Å². The second-order valence-electron chi connectivity index (χ2n) is 4.14. The number of hydrogen-bond acceptors (Lipinski definition) is 5. The third kappa shape index (κ3) is 5.48. The summed E-state index contributed by atoms with van der Waals surface area (Å²) in [6.07, 6.45) is 2.11. The van der Waals surface area contributed by atoms with Gasteiger partial charge in [0, 0.05) is 22.9 Å². The Hall–Kier alpha value is 0.250. The molecule has 18 heavy (non-hydrogen) atoms. The predicted molar refractivity (Wildman–Crippen MR) is 82.5 cm³/mol. The van der Waals surface area contributed by atoms with Crippen molar-refractivity contribution < 1.29 is 8.42 Å². The lowest BCUT2D eigenvalue weighted by Crippen LogP contribution is -2.25. The van der Waals surface area contributed by atoms with Gasteiger partial charge in [-0.15, -0.1) is 11.3 Å². The fourth-order valence-corrected chi connectivity index (χ4v) is 5.44. The number of thiophene rings is 1. The maximum Gasteiger partial charge on any atom is 0.148 e. The molecule has 0 saturated heterocycles. The highest BCUT2D eigenvalue weighted by Gasteiger charge is 2.21. The monoisotopic (exact) mass is 327 g/mol. The molecule has 1 rings (SSSR count). The molecular weight excluding hydrogens is 310 g/mol. The van der Waals surface area contributed by atoms with Crippen LogP contribution in [0, 0.1) is 0 Å². The first-order valence-corrected chi connectivity index (χ1v) is 9.94. The first-order chi connectivity index (χ1) is 8.33. The Kier molecular flexibility index (Phi) is 6.47. The van der Waals surface area contributed by atoms with E-state index in [1.54, 1.807) is 11.8 Å². The molecule has 0 spiro atoms. The molecule has 0 aromatic carbocycles. The Bertz CT molecular complexity index is 472. The molecule has 0 aliphatic rings. The largest absolute Gasteiger partial charge is 0.326 e. The normalized spacial score (nSPS) is 15.6. The lowest BCUT2D eigenvalue weighted by molar-refractivity contribution is 0.603. The van der Waals surface area contributed by atoms with Crippen LogP contribution in [0.5, 0.6) is 0 Å². The van der Waals surface area contributed by atoms with E-state index >= 15 is 0 Å². The fraction of sp³-hybridized carbons (Fsp3) is 0.636. The maximum absolute atomic E-state index is 11.1. The van der Waals surface area contributed by atoms with Crippen LogP contribution in [0.15, 0.2) is 12.1 Å². The average molecular weight is 328 g/mol. The predicted octanol–water partition coefficient (Wildman–Crippen LogP) is 2.96. The second-order valence-corrected chi connectivity index (χ2v) is 9.39. The Morgan fingerprint density at radius 2 is 2.17 bits per heavy atom. The number of rotatable bonds is 7. The van der Waals surface area contributed by atoms with E-state index in [0.717, 1.165) is 15.6 Å². The average Bonchev–Trinajstić information content (AvgIpc) is 2.68. The van der Waals surface area contributed by atoms with Crippen molar-refractivity contribution in [2.75, 3.05) is 17.8 Å². The van der Waals surface area contributed by atoms with E-state index in [0.29, 0.717) is 5.75 Å². The summed E-state index contributed by atoms with van der Waals surface area (Å²) in [5, 5.41) is 0.120. The van der Waals surface area contributed by atoms with Crippen molar-refractivity contribution in [3.63, 3.8) is 0 Å². The molecule has 2 unspecified atom stereocenters. The number of nitrogens with two attached hydrogens (primary N) is 1. The zero-order valence-electron chi connectivity index (χ0n) is 10.4. The minimum Gasteiger partial charge on any atom is -0.326 e. The maximum atomic E-state index is 11.1. The van der Waals surface area contributed by atoms with Gasteiger partial charge in [0.05, 0.1) is 15.3 Å². The van der Waals surface area contributed by atoms with Gasteiger partial charge in [0.2, 0.25) is 0 Å². The standard InChI is InChI=1S/C11H18ClNO2S3/c1-3-8(13)11(9-4-5-10(12)17-9)16-6-7-18(2,14)15/h4-5,8,11H,3,6-7,13H2,1-2H3. The van der Waals surface area contributed by atoms with Crippen LogP contribution >= 0.6 is 34.7 Å². The summed E-state index contributed by atoms with van der Waals surface area (Å²) in [6, 6.07) is 3.85. The molecular formula is C11H18ClNO2S3. The zero-order valence-corrected chi connectivity index (χ0v) is 13.6. The highest BCUT2D eigenvalue weighted by Crippen LogP contribution is 2.38. The number of hydrogen-bond donors (Lipinski definition) is 1. The summed E-state index contributed by atoms with van der Waals surface area (Å²) in [5.74, 6) is 0.746. The van der Waals surface area contributed by atoms with Crippen molar-refractivity contribution in [3.05, 3.63) is 21.3 Å². The van der Waals surface area contributed by atoms with Crippen LogP contribution in [-0.4, -0.2) is 32.2 Å². The molecule has 0 radical (unpaired) electrons. The van der Waals surface area contributed by atoms with E-state index in [2.05, 4.69) is 0 Å². The molecule has 104 valence electrons. The van der Waals surface area contributed by atoms with Crippen molar-refractivity contribution in [2.45, 2.75) is 24.6 Å². The van der Waals surface area contributed by atoms with Crippen molar-refractivity contribution in [2.24, 2.45) is 5.73 Å². The molecule has 3 nitrogen and oxygen atoms in total. The van der Waals surface area contributed by atoms with E-state index in [1.165, 1.54) is 17.6 Å². The van der Waals surface area contributed by atoms with Crippen LogP contribution in [0.1, 0.15) is 23.5 Å². The van der Waals surface area contributed by atoms with Gasteiger partial charge in [-0.1, -0.05) is 18.5 Å². The van der Waals surface area contributed by atoms with Gasteiger partial charge in [-0.2, -0.15) is 11.8 Å². The minimum absolute atomic E-state index is 0.0178. The van der Waals surface area contributed by atoms with Crippen LogP contribution in [0.25, 0.3) is 0 Å². The van der Waals surface area contributed by atoms with Crippen molar-refractivity contribution in [3.8, 4) is 0 Å². The van der Waals surface area contributed by atoms with Crippen LogP contribution in [-0.2, 0) is 9.84 Å². The van der Waals surface area contributed by atoms with Gasteiger partial charge in [-0.3, -0.25) is 0 Å². The van der Waals surface area contributed by atoms with Gasteiger partial charge in [0.1, 0.15) is 9.84 Å². The lowest BCUT2D eigenvalue weighted by Gasteiger charge is -2.21. The molecule has 0 amide bonds. The Balaban J connectivity index is 2.68. The highest BCUT2D eigenvalue weighted by atomic mass is 35.5. The van der Waals surface area contributed by atoms with E-state index in [4.69, 9.17) is 17.3 Å². The first-order valence-electron chi connectivity index (χ1n) is 5.63. The molecule has 7 heteroatoms. The number of halogens is 1. The molecule has 1 aromatic rings. The molecule has 1 heterocycles. The quantitative estimate of drug-likeness (QED) is 0.836. The van der Waals surface area contributed by atoms with E-state index in [-0.39, 0.29) is 17.0 Å². The summed E-state index contributed by atoms with van der Waals surface area (Å²) in [6.45, 7) is 2.03. The summed E-state index contributed by atoms with van der Waals surface area (Å²) >= 11 is 9.04. The van der Waals surface area contributed by atoms with Gasteiger partial charge in [-0.25, -0.2) is 8.42 Å². The Morgan fingerprint density at radius 1 is 1.50 bits per heavy atom. The topological polar surface area (TPSA) is 60.2 Å². The molecule has 2 atom stereocenters. The Morgan fingerprint density at radius 3 is 2.61 bits per heavy atom. The van der Waals surface area contributed by atoms with Crippen molar-refractivity contribution in [1.29, 1.82) is 0 Å². The Labute approximate surface area is 122 Å². The van der Waals surface area contributed by atoms with Gasteiger partial charge in [-0.05, 0) is 18.6 Å². The smallest absolute Gasteiger partial charge is 0.148 e. The zero-order chi connectivity index (χ0) is 13.8. The van der Waals surface area contributed by atoms with E-state index in [9.17, 15) is 8.42 Å². The summed E-state index contributed by atoms with van der Waals surface area (Å²) in [7, 11) is -2.91. The summed E-state index contributed by atoms with van der Waals surface area (Å²) in [5.41, 5.74) is 6.10. The molecule has 0 aliphatic carbocycles. The van der Waals surface area contributed by atoms with Crippen LogP contribution in [0.2, 0.25) is 4.34 Å². The van der Waals surface area contributed by atoms with Crippen molar-refractivity contribution >= 4 is 44.5 Å². The lowest BCUT2D eigenvalue weighted by atomic mass is 10.1. The molecule has 2 N–H and O–H groups in total. The third-order valence-corrected chi connectivity index (χ3v) is 6.56. The van der Waals surface area contributed by atoms with Gasteiger partial charge in [0.25, 0.3) is 0 Å². The summed E-state index contributed by atoms with van der Waals surface area (Å²) in [4.78, 5) is 1.12. The second kappa shape index (κ2) is 7.14. The van der Waals surface area contributed by atoms with Gasteiger partial charge >= 0.3 is 0 Å². The minimum atomic E-state index is -2.91. The van der Waals surface area contributed by atoms with E-state index in [1.807, 2.05) is 19.1 Å². The third-order valence-electron chi connectivity index (χ3n) is 2.49. The van der Waals surface area contributed by atoms with Crippen LogP contribution in [0.3, 0.4) is 0 Å². The van der Waals surface area contributed by atoms with Crippen LogP contribution < -0.4 is 5.73 Å². The summed E-state index contributed by atoms with van der Waals surface area (Å²) < 4.78 is 23.0. The first kappa shape index (κ1) is 16.3. The molecule has 0 saturated carbocycles. The number of thioether (sulfide) groups is 1. The highest BCUT2D eigenvalue weighted by molar-refractivity contribution is 8.01. The molecule has 0 aliphatic heterocycles.